The first-order valence-electron chi connectivity index (χ1n) is 5.06. The maximum atomic E-state index is 10.5. The van der Waals surface area contributed by atoms with Crippen LogP contribution in [0, 0.1) is 10.1 Å². The SMILES string of the molecule is CCC(N)C(C)c1ccc([N+](=O)[O-])cc1. The minimum absolute atomic E-state index is 0.103. The Labute approximate surface area is 89.2 Å². The monoisotopic (exact) mass is 208 g/mol. The van der Waals surface area contributed by atoms with Gasteiger partial charge in [0.2, 0.25) is 0 Å². The number of non-ortho nitro benzene ring substituents is 1. The van der Waals surface area contributed by atoms with Gasteiger partial charge in [0.15, 0.2) is 0 Å². The fraction of sp³-hybridized carbons (Fsp3) is 0.455. The second-order valence-electron chi connectivity index (χ2n) is 3.71. The van der Waals surface area contributed by atoms with Crippen LogP contribution in [0.3, 0.4) is 0 Å². The Kier molecular flexibility index (Phi) is 3.80. The Hall–Kier alpha value is -1.42. The van der Waals surface area contributed by atoms with Crippen molar-refractivity contribution in [2.75, 3.05) is 0 Å². The van der Waals surface area contributed by atoms with Crippen LogP contribution in [0.2, 0.25) is 0 Å². The molecule has 2 atom stereocenters. The molecule has 0 aliphatic carbocycles. The van der Waals surface area contributed by atoms with Gasteiger partial charge < -0.3 is 5.73 Å². The lowest BCUT2D eigenvalue weighted by molar-refractivity contribution is -0.384. The summed E-state index contributed by atoms with van der Waals surface area (Å²) in [5, 5.41) is 10.5. The Balaban J connectivity index is 2.84. The van der Waals surface area contributed by atoms with Gasteiger partial charge in [-0.2, -0.15) is 0 Å². The van der Waals surface area contributed by atoms with Gasteiger partial charge in [0.1, 0.15) is 0 Å². The topological polar surface area (TPSA) is 69.2 Å². The van der Waals surface area contributed by atoms with E-state index in [2.05, 4.69) is 0 Å². The predicted molar refractivity (Wildman–Crippen MR) is 59.8 cm³/mol. The molecule has 0 heterocycles. The van der Waals surface area contributed by atoms with Crippen molar-refractivity contribution < 1.29 is 4.92 Å². The molecule has 1 aromatic carbocycles. The fourth-order valence-corrected chi connectivity index (χ4v) is 1.50. The highest BCUT2D eigenvalue weighted by atomic mass is 16.6. The number of nitro groups is 1. The van der Waals surface area contributed by atoms with Crippen LogP contribution in [0.4, 0.5) is 5.69 Å². The van der Waals surface area contributed by atoms with Gasteiger partial charge in [-0.3, -0.25) is 10.1 Å². The van der Waals surface area contributed by atoms with Gasteiger partial charge in [-0.15, -0.1) is 0 Å². The third-order valence-corrected chi connectivity index (χ3v) is 2.74. The number of hydrogen-bond donors (Lipinski definition) is 1. The normalized spacial score (nSPS) is 14.6. The molecule has 1 aromatic rings. The molecule has 0 aliphatic rings. The minimum atomic E-state index is -0.395. The van der Waals surface area contributed by atoms with Gasteiger partial charge in [-0.25, -0.2) is 0 Å². The van der Waals surface area contributed by atoms with Crippen molar-refractivity contribution in [3.8, 4) is 0 Å². The molecule has 2 N–H and O–H groups in total. The van der Waals surface area contributed by atoms with Crippen molar-refractivity contribution >= 4 is 5.69 Å². The van der Waals surface area contributed by atoms with Crippen LogP contribution in [0.1, 0.15) is 31.7 Å². The van der Waals surface area contributed by atoms with Crippen LogP contribution in [0.25, 0.3) is 0 Å². The molecule has 0 aliphatic heterocycles. The molecular formula is C11H16N2O2. The van der Waals surface area contributed by atoms with Crippen molar-refractivity contribution in [1.29, 1.82) is 0 Å². The number of nitrogens with zero attached hydrogens (tertiary/aromatic N) is 1. The lowest BCUT2D eigenvalue weighted by atomic mass is 9.92. The molecule has 4 nitrogen and oxygen atoms in total. The molecule has 0 saturated heterocycles. The van der Waals surface area contributed by atoms with Gasteiger partial charge in [0, 0.05) is 18.2 Å². The maximum absolute atomic E-state index is 10.5. The molecule has 0 fully saturated rings. The molecule has 0 radical (unpaired) electrons. The summed E-state index contributed by atoms with van der Waals surface area (Å²) in [5.41, 5.74) is 7.08. The minimum Gasteiger partial charge on any atom is -0.327 e. The van der Waals surface area contributed by atoms with E-state index < -0.39 is 4.92 Å². The first-order valence-corrected chi connectivity index (χ1v) is 5.06. The Morgan fingerprint density at radius 2 is 1.93 bits per heavy atom. The largest absolute Gasteiger partial charge is 0.327 e. The first kappa shape index (κ1) is 11.7. The lowest BCUT2D eigenvalue weighted by Gasteiger charge is -2.18. The van der Waals surface area contributed by atoms with Crippen molar-refractivity contribution in [3.05, 3.63) is 39.9 Å². The van der Waals surface area contributed by atoms with Crippen LogP contribution in [0.15, 0.2) is 24.3 Å². The fourth-order valence-electron chi connectivity index (χ4n) is 1.50. The van der Waals surface area contributed by atoms with Gasteiger partial charge in [0.05, 0.1) is 4.92 Å². The summed E-state index contributed by atoms with van der Waals surface area (Å²) in [5.74, 6) is 0.232. The molecule has 82 valence electrons. The molecule has 0 amide bonds. The van der Waals surface area contributed by atoms with E-state index in [9.17, 15) is 10.1 Å². The number of nitro benzene ring substituents is 1. The van der Waals surface area contributed by atoms with Crippen LogP contribution in [-0.4, -0.2) is 11.0 Å². The first-order chi connectivity index (χ1) is 7.06. The molecule has 0 aromatic heterocycles. The van der Waals surface area contributed by atoms with Gasteiger partial charge in [0.25, 0.3) is 5.69 Å². The standard InChI is InChI=1S/C11H16N2O2/c1-3-11(12)8(2)9-4-6-10(7-5-9)13(14)15/h4-8,11H,3,12H2,1-2H3. The van der Waals surface area contributed by atoms with Crippen molar-refractivity contribution in [3.63, 3.8) is 0 Å². The number of benzene rings is 1. The maximum Gasteiger partial charge on any atom is 0.269 e. The van der Waals surface area contributed by atoms with E-state index in [1.54, 1.807) is 12.1 Å². The quantitative estimate of drug-likeness (QED) is 0.610. The number of rotatable bonds is 4. The summed E-state index contributed by atoms with van der Waals surface area (Å²) in [6, 6.07) is 6.70. The second-order valence-corrected chi connectivity index (χ2v) is 3.71. The molecule has 2 unspecified atom stereocenters. The van der Waals surface area contributed by atoms with Crippen LogP contribution in [-0.2, 0) is 0 Å². The average molecular weight is 208 g/mol. The van der Waals surface area contributed by atoms with Gasteiger partial charge >= 0.3 is 0 Å². The number of nitrogens with two attached hydrogens (primary N) is 1. The summed E-state index contributed by atoms with van der Waals surface area (Å²) in [6.45, 7) is 4.07. The molecule has 15 heavy (non-hydrogen) atoms. The van der Waals surface area contributed by atoms with E-state index in [1.165, 1.54) is 12.1 Å². The zero-order chi connectivity index (χ0) is 11.4. The van der Waals surface area contributed by atoms with Crippen LogP contribution < -0.4 is 5.73 Å². The van der Waals surface area contributed by atoms with E-state index in [-0.39, 0.29) is 17.6 Å². The summed E-state index contributed by atoms with van der Waals surface area (Å²) in [7, 11) is 0. The molecule has 0 spiro atoms. The van der Waals surface area contributed by atoms with Gasteiger partial charge in [-0.1, -0.05) is 26.0 Å². The molecular weight excluding hydrogens is 192 g/mol. The smallest absolute Gasteiger partial charge is 0.269 e. The van der Waals surface area contributed by atoms with Crippen molar-refractivity contribution in [2.45, 2.75) is 32.2 Å². The van der Waals surface area contributed by atoms with Gasteiger partial charge in [-0.05, 0) is 17.9 Å². The zero-order valence-electron chi connectivity index (χ0n) is 9.01. The molecule has 4 heteroatoms. The second kappa shape index (κ2) is 4.89. The Bertz CT molecular complexity index is 335. The summed E-state index contributed by atoms with van der Waals surface area (Å²) >= 11 is 0. The van der Waals surface area contributed by atoms with Crippen molar-refractivity contribution in [2.24, 2.45) is 5.73 Å². The molecule has 0 saturated carbocycles. The van der Waals surface area contributed by atoms with E-state index in [0.29, 0.717) is 0 Å². The zero-order valence-corrected chi connectivity index (χ0v) is 9.01. The highest BCUT2D eigenvalue weighted by molar-refractivity contribution is 5.34. The summed E-state index contributed by atoms with van der Waals surface area (Å²) < 4.78 is 0. The number of hydrogen-bond acceptors (Lipinski definition) is 3. The van der Waals surface area contributed by atoms with Crippen LogP contribution in [0.5, 0.6) is 0 Å². The van der Waals surface area contributed by atoms with E-state index >= 15 is 0 Å². The molecule has 1 rings (SSSR count). The summed E-state index contributed by atoms with van der Waals surface area (Å²) in [4.78, 5) is 10.1. The average Bonchev–Trinajstić information content (AvgIpc) is 2.27. The predicted octanol–water partition coefficient (Wildman–Crippen LogP) is 2.44. The van der Waals surface area contributed by atoms with E-state index in [1.807, 2.05) is 13.8 Å². The third-order valence-electron chi connectivity index (χ3n) is 2.74. The van der Waals surface area contributed by atoms with E-state index in [4.69, 9.17) is 5.73 Å². The highest BCUT2D eigenvalue weighted by Crippen LogP contribution is 2.22. The molecule has 0 bridgehead atoms. The third kappa shape index (κ3) is 2.76. The summed E-state index contributed by atoms with van der Waals surface area (Å²) in [6.07, 6.45) is 0.901. The van der Waals surface area contributed by atoms with Crippen molar-refractivity contribution in [1.82, 2.24) is 0 Å². The Morgan fingerprint density at radius 3 is 2.33 bits per heavy atom. The van der Waals surface area contributed by atoms with E-state index in [0.717, 1.165) is 12.0 Å². The lowest BCUT2D eigenvalue weighted by Crippen LogP contribution is -2.25. The Morgan fingerprint density at radius 1 is 1.40 bits per heavy atom. The van der Waals surface area contributed by atoms with Crippen LogP contribution >= 0.6 is 0 Å². The highest BCUT2D eigenvalue weighted by Gasteiger charge is 2.14.